The van der Waals surface area contributed by atoms with Crippen molar-refractivity contribution in [3.63, 3.8) is 0 Å². The molecule has 28 heavy (non-hydrogen) atoms. The van der Waals surface area contributed by atoms with Crippen LogP contribution in [0.3, 0.4) is 0 Å². The van der Waals surface area contributed by atoms with Gasteiger partial charge in [0.2, 0.25) is 0 Å². The van der Waals surface area contributed by atoms with E-state index in [0.29, 0.717) is 0 Å². The molecule has 2 aromatic carbocycles. The van der Waals surface area contributed by atoms with E-state index in [1.807, 2.05) is 12.2 Å². The molecule has 1 aliphatic rings. The van der Waals surface area contributed by atoms with Crippen molar-refractivity contribution >= 4 is 12.2 Å². The molecule has 0 amide bonds. The van der Waals surface area contributed by atoms with E-state index in [4.69, 9.17) is 0 Å². The second kappa shape index (κ2) is 8.55. The Bertz CT molecular complexity index is 817. The molecule has 1 heterocycles. The number of hydrogen-bond acceptors (Lipinski definition) is 0. The van der Waals surface area contributed by atoms with Gasteiger partial charge in [-0.05, 0) is 22.3 Å². The molecular weight excluding hydrogens is 340 g/mol. The molecule has 0 radical (unpaired) electrons. The molecule has 0 spiro atoms. The van der Waals surface area contributed by atoms with E-state index in [1.165, 1.54) is 22.3 Å². The average Bonchev–Trinajstić information content (AvgIpc) is 2.74. The number of rotatable bonds is 8. The van der Waals surface area contributed by atoms with E-state index in [2.05, 4.69) is 101 Å². The van der Waals surface area contributed by atoms with Gasteiger partial charge in [-0.15, -0.1) is 0 Å². The van der Waals surface area contributed by atoms with E-state index < -0.39 is 0 Å². The van der Waals surface area contributed by atoms with Crippen molar-refractivity contribution in [1.82, 2.24) is 0 Å². The molecule has 0 aliphatic carbocycles. The van der Waals surface area contributed by atoms with E-state index in [9.17, 15) is 0 Å². The van der Waals surface area contributed by atoms with Gasteiger partial charge in [0.1, 0.15) is 0 Å². The third-order valence-electron chi connectivity index (χ3n) is 5.63. The van der Waals surface area contributed by atoms with Crippen molar-refractivity contribution in [3.05, 3.63) is 109 Å². The molecule has 0 atom stereocenters. The van der Waals surface area contributed by atoms with Gasteiger partial charge in [0, 0.05) is 12.8 Å². The van der Waals surface area contributed by atoms with Crippen molar-refractivity contribution in [2.45, 2.75) is 12.8 Å². The zero-order chi connectivity index (χ0) is 20.0. The largest absolute Gasteiger partial charge is 0.264 e. The van der Waals surface area contributed by atoms with Crippen molar-refractivity contribution in [2.24, 2.45) is 0 Å². The lowest BCUT2D eigenvalue weighted by molar-refractivity contribution is -0.864. The van der Waals surface area contributed by atoms with Crippen LogP contribution in [0.15, 0.2) is 86.5 Å². The Morgan fingerprint density at radius 1 is 0.679 bits per heavy atom. The Morgan fingerprint density at radius 2 is 1.07 bits per heavy atom. The fourth-order valence-electron chi connectivity index (χ4n) is 3.50. The first-order valence-corrected chi connectivity index (χ1v) is 9.97. The zero-order valence-corrected chi connectivity index (χ0v) is 17.2. The highest BCUT2D eigenvalue weighted by Crippen LogP contribution is 2.21. The first kappa shape index (κ1) is 20.1. The zero-order valence-electron chi connectivity index (χ0n) is 17.2. The molecule has 0 fully saturated rings. The SMILES string of the molecule is C=Cc1cccc(CC[N+]2(C)C=C[N+](C)(CCc3cccc(C=C)c3)C=C2)c1. The number of quaternary nitrogens is 2. The summed E-state index contributed by atoms with van der Waals surface area (Å²) in [7, 11) is 4.53. The molecule has 1 aliphatic heterocycles. The summed E-state index contributed by atoms with van der Waals surface area (Å²) in [4.78, 5) is 0. The second-order valence-electron chi connectivity index (χ2n) is 8.14. The van der Waals surface area contributed by atoms with Crippen molar-refractivity contribution in [3.8, 4) is 0 Å². The molecule has 0 bridgehead atoms. The average molecular weight is 373 g/mol. The van der Waals surface area contributed by atoms with Gasteiger partial charge < -0.3 is 0 Å². The summed E-state index contributed by atoms with van der Waals surface area (Å²) >= 11 is 0. The van der Waals surface area contributed by atoms with Gasteiger partial charge in [-0.3, -0.25) is 8.97 Å². The summed E-state index contributed by atoms with van der Waals surface area (Å²) < 4.78 is 1.66. The highest BCUT2D eigenvalue weighted by molar-refractivity contribution is 5.48. The normalized spacial score (nSPS) is 23.5. The van der Waals surface area contributed by atoms with Crippen LogP contribution in [0, 0.1) is 0 Å². The van der Waals surface area contributed by atoms with E-state index in [0.717, 1.165) is 34.9 Å². The fraction of sp³-hybridized carbons (Fsp3) is 0.231. The number of hydrogen-bond donors (Lipinski definition) is 0. The second-order valence-corrected chi connectivity index (χ2v) is 8.14. The molecule has 2 nitrogen and oxygen atoms in total. The summed E-state index contributed by atoms with van der Waals surface area (Å²) in [6.45, 7) is 9.84. The fourth-order valence-corrected chi connectivity index (χ4v) is 3.50. The van der Waals surface area contributed by atoms with Gasteiger partial charge in [0.15, 0.2) is 24.8 Å². The Morgan fingerprint density at radius 3 is 1.43 bits per heavy atom. The molecule has 3 rings (SSSR count). The molecule has 2 heteroatoms. The summed E-state index contributed by atoms with van der Waals surface area (Å²) in [6, 6.07) is 17.3. The highest BCUT2D eigenvalue weighted by Gasteiger charge is 2.28. The van der Waals surface area contributed by atoms with Crippen LogP contribution in [0.2, 0.25) is 0 Å². The molecule has 0 saturated carbocycles. The standard InChI is InChI=1S/C26H32N2/c1-5-23-9-7-11-25(21-23)13-15-27(3)17-19-28(4,20-18-27)16-14-26-12-8-10-24(6-2)22-26/h5-12,17-22H,1-2,13-16H2,3-4H3/q+2. The minimum absolute atomic E-state index is 0.831. The topological polar surface area (TPSA) is 0 Å². The molecular formula is C26H32N2+2. The van der Waals surface area contributed by atoms with Crippen LogP contribution < -0.4 is 0 Å². The minimum atomic E-state index is 0.831. The van der Waals surface area contributed by atoms with Gasteiger partial charge >= 0.3 is 0 Å². The highest BCUT2D eigenvalue weighted by atomic mass is 15.4. The Balaban J connectivity index is 1.59. The molecule has 0 saturated heterocycles. The number of nitrogens with zero attached hydrogens (tertiary/aromatic N) is 2. The summed E-state index contributed by atoms with van der Waals surface area (Å²) in [5.74, 6) is 0. The lowest BCUT2D eigenvalue weighted by atomic mass is 10.1. The minimum Gasteiger partial charge on any atom is -0.264 e. The molecule has 0 unspecified atom stereocenters. The van der Waals surface area contributed by atoms with Crippen LogP contribution in [0.1, 0.15) is 22.3 Å². The van der Waals surface area contributed by atoms with Crippen molar-refractivity contribution < 1.29 is 8.97 Å². The van der Waals surface area contributed by atoms with Crippen molar-refractivity contribution in [1.29, 1.82) is 0 Å². The predicted octanol–water partition coefficient (Wildman–Crippen LogP) is 5.61. The van der Waals surface area contributed by atoms with Gasteiger partial charge in [-0.1, -0.05) is 73.8 Å². The van der Waals surface area contributed by atoms with Crippen LogP contribution in [0.5, 0.6) is 0 Å². The molecule has 2 aromatic rings. The van der Waals surface area contributed by atoms with E-state index in [1.54, 1.807) is 0 Å². The van der Waals surface area contributed by atoms with Gasteiger partial charge in [-0.2, -0.15) is 0 Å². The van der Waals surface area contributed by atoms with Gasteiger partial charge in [-0.25, -0.2) is 0 Å². The summed E-state index contributed by atoms with van der Waals surface area (Å²) in [6.07, 6.45) is 15.2. The maximum Gasteiger partial charge on any atom is 0.155 e. The third kappa shape index (κ3) is 5.19. The predicted molar refractivity (Wildman–Crippen MR) is 121 cm³/mol. The lowest BCUT2D eigenvalue weighted by Crippen LogP contribution is -2.44. The van der Waals surface area contributed by atoms with Gasteiger partial charge in [0.25, 0.3) is 0 Å². The lowest BCUT2D eigenvalue weighted by Gasteiger charge is -2.34. The first-order valence-electron chi connectivity index (χ1n) is 9.97. The van der Waals surface area contributed by atoms with Crippen LogP contribution in [-0.2, 0) is 12.8 Å². The Hall–Kier alpha value is -2.68. The maximum absolute atomic E-state index is 3.87. The van der Waals surface area contributed by atoms with Crippen LogP contribution >= 0.6 is 0 Å². The first-order chi connectivity index (χ1) is 13.4. The van der Waals surface area contributed by atoms with Crippen LogP contribution in [0.25, 0.3) is 12.2 Å². The van der Waals surface area contributed by atoms with E-state index in [-0.39, 0.29) is 0 Å². The van der Waals surface area contributed by atoms with Crippen molar-refractivity contribution in [2.75, 3.05) is 27.2 Å². The molecule has 144 valence electrons. The summed E-state index contributed by atoms with van der Waals surface area (Å²) in [5, 5.41) is 0. The number of benzene rings is 2. The van der Waals surface area contributed by atoms with E-state index >= 15 is 0 Å². The molecule has 0 aromatic heterocycles. The van der Waals surface area contributed by atoms with Crippen LogP contribution in [0.4, 0.5) is 0 Å². The smallest absolute Gasteiger partial charge is 0.155 e. The van der Waals surface area contributed by atoms with Gasteiger partial charge in [0.05, 0.1) is 27.2 Å². The Kier molecular flexibility index (Phi) is 6.13. The Labute approximate surface area is 170 Å². The summed E-state index contributed by atoms with van der Waals surface area (Å²) in [5.41, 5.74) is 5.11. The monoisotopic (exact) mass is 372 g/mol. The third-order valence-corrected chi connectivity index (χ3v) is 5.63. The molecule has 0 N–H and O–H groups in total. The maximum atomic E-state index is 3.87. The quantitative estimate of drug-likeness (QED) is 0.529. The van der Waals surface area contributed by atoms with Crippen LogP contribution in [-0.4, -0.2) is 36.2 Å². The number of likely N-dealkylation sites (N-methyl/N-ethyl adjacent to an activating group) is 2.